The molecule has 3 nitrogen and oxygen atoms in total. The molecule has 0 aromatic heterocycles. The predicted octanol–water partition coefficient (Wildman–Crippen LogP) is 3.81. The lowest BCUT2D eigenvalue weighted by Gasteiger charge is -2.30. The van der Waals surface area contributed by atoms with Gasteiger partial charge < -0.3 is 14.8 Å². The standard InChI is InChI=1S/C15H22ClNO2/c1-17-12(9-10-5-4-6-10)11-7-8-13(18-2)14(16)15(11)19-3/h7-8,10,12,17H,4-6,9H2,1-3H3. The van der Waals surface area contributed by atoms with Crippen molar-refractivity contribution in [3.8, 4) is 11.5 Å². The van der Waals surface area contributed by atoms with Crippen molar-refractivity contribution < 1.29 is 9.47 Å². The number of rotatable bonds is 6. The predicted molar refractivity (Wildman–Crippen MR) is 78.3 cm³/mol. The van der Waals surface area contributed by atoms with Gasteiger partial charge in [-0.2, -0.15) is 0 Å². The summed E-state index contributed by atoms with van der Waals surface area (Å²) in [6.07, 6.45) is 5.17. The molecule has 1 fully saturated rings. The third-order valence-corrected chi connectivity index (χ3v) is 4.39. The van der Waals surface area contributed by atoms with Gasteiger partial charge in [-0.05, 0) is 31.5 Å². The van der Waals surface area contributed by atoms with E-state index in [0.29, 0.717) is 10.8 Å². The first kappa shape index (κ1) is 14.5. The van der Waals surface area contributed by atoms with Crippen molar-refractivity contribution in [2.75, 3.05) is 21.3 Å². The molecule has 4 heteroatoms. The number of hydrogen-bond acceptors (Lipinski definition) is 3. The molecule has 2 rings (SSSR count). The smallest absolute Gasteiger partial charge is 0.146 e. The van der Waals surface area contributed by atoms with E-state index >= 15 is 0 Å². The Labute approximate surface area is 120 Å². The highest BCUT2D eigenvalue weighted by Gasteiger charge is 2.25. The van der Waals surface area contributed by atoms with Gasteiger partial charge in [0.25, 0.3) is 0 Å². The lowest BCUT2D eigenvalue weighted by molar-refractivity contribution is 0.263. The van der Waals surface area contributed by atoms with E-state index in [9.17, 15) is 0 Å². The van der Waals surface area contributed by atoms with E-state index in [0.717, 1.165) is 23.7 Å². The van der Waals surface area contributed by atoms with Crippen molar-refractivity contribution in [1.29, 1.82) is 0 Å². The highest BCUT2D eigenvalue weighted by molar-refractivity contribution is 6.33. The van der Waals surface area contributed by atoms with Crippen molar-refractivity contribution in [3.63, 3.8) is 0 Å². The molecule has 19 heavy (non-hydrogen) atoms. The molecule has 1 atom stereocenters. The van der Waals surface area contributed by atoms with Gasteiger partial charge in [-0.1, -0.05) is 30.9 Å². The zero-order valence-corrected chi connectivity index (χ0v) is 12.6. The molecule has 1 aliphatic rings. The van der Waals surface area contributed by atoms with Gasteiger partial charge in [0.2, 0.25) is 0 Å². The number of nitrogens with one attached hydrogen (secondary N) is 1. The summed E-state index contributed by atoms with van der Waals surface area (Å²) in [5, 5.41) is 3.93. The molecule has 0 spiro atoms. The molecule has 1 aromatic rings. The van der Waals surface area contributed by atoms with Crippen molar-refractivity contribution in [2.24, 2.45) is 5.92 Å². The Hall–Kier alpha value is -0.930. The van der Waals surface area contributed by atoms with Crippen LogP contribution >= 0.6 is 11.6 Å². The SMILES string of the molecule is CNC(CC1CCC1)c1ccc(OC)c(Cl)c1OC. The molecule has 1 N–H and O–H groups in total. The van der Waals surface area contributed by atoms with Crippen molar-refractivity contribution >= 4 is 11.6 Å². The Morgan fingerprint density at radius 2 is 2.05 bits per heavy atom. The molecular weight excluding hydrogens is 262 g/mol. The van der Waals surface area contributed by atoms with E-state index < -0.39 is 0 Å². The molecule has 1 saturated carbocycles. The first-order chi connectivity index (χ1) is 9.21. The van der Waals surface area contributed by atoms with Crippen LogP contribution in [0, 0.1) is 5.92 Å². The molecule has 106 valence electrons. The van der Waals surface area contributed by atoms with Crippen LogP contribution in [0.25, 0.3) is 0 Å². The van der Waals surface area contributed by atoms with Gasteiger partial charge in [-0.15, -0.1) is 0 Å². The molecule has 0 heterocycles. The second-order valence-corrected chi connectivity index (χ2v) is 5.46. The summed E-state index contributed by atoms with van der Waals surface area (Å²) in [4.78, 5) is 0. The quantitative estimate of drug-likeness (QED) is 0.861. The fraction of sp³-hybridized carbons (Fsp3) is 0.600. The average Bonchev–Trinajstić information content (AvgIpc) is 2.38. The van der Waals surface area contributed by atoms with E-state index in [1.807, 2.05) is 19.2 Å². The summed E-state index contributed by atoms with van der Waals surface area (Å²) in [6, 6.07) is 4.23. The minimum Gasteiger partial charge on any atom is -0.495 e. The molecule has 0 saturated heterocycles. The van der Waals surface area contributed by atoms with Crippen LogP contribution in [-0.4, -0.2) is 21.3 Å². The summed E-state index contributed by atoms with van der Waals surface area (Å²) >= 11 is 6.32. The van der Waals surface area contributed by atoms with E-state index in [4.69, 9.17) is 21.1 Å². The molecule has 0 bridgehead atoms. The summed E-state index contributed by atoms with van der Waals surface area (Å²) < 4.78 is 10.7. The summed E-state index contributed by atoms with van der Waals surface area (Å²) in [6.45, 7) is 0. The minimum absolute atomic E-state index is 0.281. The maximum absolute atomic E-state index is 6.32. The van der Waals surface area contributed by atoms with Gasteiger partial charge in [0.1, 0.15) is 16.5 Å². The van der Waals surface area contributed by atoms with Gasteiger partial charge in [0, 0.05) is 11.6 Å². The van der Waals surface area contributed by atoms with E-state index in [1.165, 1.54) is 19.3 Å². The van der Waals surface area contributed by atoms with Gasteiger partial charge in [-0.25, -0.2) is 0 Å². The largest absolute Gasteiger partial charge is 0.495 e. The van der Waals surface area contributed by atoms with E-state index in [1.54, 1.807) is 14.2 Å². The van der Waals surface area contributed by atoms with Gasteiger partial charge >= 0.3 is 0 Å². The zero-order valence-electron chi connectivity index (χ0n) is 11.8. The van der Waals surface area contributed by atoms with Crippen LogP contribution in [0.15, 0.2) is 12.1 Å². The number of benzene rings is 1. The van der Waals surface area contributed by atoms with Crippen LogP contribution in [0.2, 0.25) is 5.02 Å². The van der Waals surface area contributed by atoms with Gasteiger partial charge in [0.05, 0.1) is 14.2 Å². The number of halogens is 1. The minimum atomic E-state index is 0.281. The van der Waals surface area contributed by atoms with Crippen LogP contribution in [0.5, 0.6) is 11.5 Å². The van der Waals surface area contributed by atoms with Crippen LogP contribution in [-0.2, 0) is 0 Å². The van der Waals surface area contributed by atoms with E-state index in [2.05, 4.69) is 5.32 Å². The Kier molecular flexibility index (Phi) is 4.94. The number of ether oxygens (including phenoxy) is 2. The lowest BCUT2D eigenvalue weighted by atomic mass is 9.79. The maximum atomic E-state index is 6.32. The normalized spacial score (nSPS) is 16.8. The molecular formula is C15H22ClNO2. The Bertz CT molecular complexity index is 432. The number of methoxy groups -OCH3 is 2. The average molecular weight is 284 g/mol. The van der Waals surface area contributed by atoms with Crippen LogP contribution in [0.1, 0.15) is 37.3 Å². The zero-order chi connectivity index (χ0) is 13.8. The molecule has 0 amide bonds. The fourth-order valence-corrected chi connectivity index (χ4v) is 2.98. The summed E-state index contributed by atoms with van der Waals surface area (Å²) in [5.41, 5.74) is 1.11. The van der Waals surface area contributed by atoms with Gasteiger partial charge in [-0.3, -0.25) is 0 Å². The molecule has 0 aliphatic heterocycles. The molecule has 0 radical (unpaired) electrons. The maximum Gasteiger partial charge on any atom is 0.146 e. The molecule has 1 unspecified atom stereocenters. The first-order valence-electron chi connectivity index (χ1n) is 6.78. The second kappa shape index (κ2) is 6.49. The molecule has 1 aromatic carbocycles. The highest BCUT2D eigenvalue weighted by atomic mass is 35.5. The Morgan fingerprint density at radius 1 is 1.32 bits per heavy atom. The third-order valence-electron chi connectivity index (χ3n) is 4.03. The summed E-state index contributed by atoms with van der Waals surface area (Å²) in [7, 11) is 5.26. The van der Waals surface area contributed by atoms with Crippen molar-refractivity contribution in [1.82, 2.24) is 5.32 Å². The second-order valence-electron chi connectivity index (χ2n) is 5.08. The van der Waals surface area contributed by atoms with Crippen LogP contribution in [0.4, 0.5) is 0 Å². The summed E-state index contributed by atoms with van der Waals surface area (Å²) in [5.74, 6) is 2.20. The van der Waals surface area contributed by atoms with Gasteiger partial charge in [0.15, 0.2) is 0 Å². The van der Waals surface area contributed by atoms with Crippen LogP contribution in [0.3, 0.4) is 0 Å². The van der Waals surface area contributed by atoms with Crippen molar-refractivity contribution in [3.05, 3.63) is 22.7 Å². The Morgan fingerprint density at radius 3 is 2.53 bits per heavy atom. The monoisotopic (exact) mass is 283 g/mol. The van der Waals surface area contributed by atoms with Crippen LogP contribution < -0.4 is 14.8 Å². The Balaban J connectivity index is 2.27. The lowest BCUT2D eigenvalue weighted by Crippen LogP contribution is -2.23. The van der Waals surface area contributed by atoms with Crippen molar-refractivity contribution in [2.45, 2.75) is 31.7 Å². The van der Waals surface area contributed by atoms with E-state index in [-0.39, 0.29) is 6.04 Å². The molecule has 1 aliphatic carbocycles. The highest BCUT2D eigenvalue weighted by Crippen LogP contribution is 2.42. The topological polar surface area (TPSA) is 30.5 Å². The third kappa shape index (κ3) is 2.98. The fourth-order valence-electron chi connectivity index (χ4n) is 2.65. The first-order valence-corrected chi connectivity index (χ1v) is 7.16. The number of hydrogen-bond donors (Lipinski definition) is 1.